The van der Waals surface area contributed by atoms with Gasteiger partial charge in [-0.15, -0.1) is 0 Å². The topological polar surface area (TPSA) is 24.5 Å². The molecule has 0 radical (unpaired) electrons. The van der Waals surface area contributed by atoms with Crippen molar-refractivity contribution < 1.29 is 4.74 Å². The second-order valence-corrected chi connectivity index (χ2v) is 7.01. The average Bonchev–Trinajstić information content (AvgIpc) is 3.20. The number of hydrogen-bond acceptors (Lipinski definition) is 3. The van der Waals surface area contributed by atoms with Gasteiger partial charge in [-0.05, 0) is 51.0 Å². The Bertz CT molecular complexity index is 278. The summed E-state index contributed by atoms with van der Waals surface area (Å²) in [6.45, 7) is 11.7. The first-order valence-corrected chi connectivity index (χ1v) is 8.05. The summed E-state index contributed by atoms with van der Waals surface area (Å²) < 4.78 is 5.17. The van der Waals surface area contributed by atoms with Gasteiger partial charge in [-0.3, -0.25) is 4.90 Å². The van der Waals surface area contributed by atoms with Crippen molar-refractivity contribution in [1.82, 2.24) is 10.2 Å². The molecule has 1 aliphatic carbocycles. The van der Waals surface area contributed by atoms with E-state index in [0.29, 0.717) is 11.6 Å². The van der Waals surface area contributed by atoms with Crippen LogP contribution in [0.25, 0.3) is 0 Å². The van der Waals surface area contributed by atoms with Crippen LogP contribution < -0.4 is 5.32 Å². The van der Waals surface area contributed by atoms with Crippen LogP contribution >= 0.6 is 0 Å². The predicted octanol–water partition coefficient (Wildman–Crippen LogP) is 2.51. The number of nitrogens with one attached hydrogen (secondary N) is 1. The minimum Gasteiger partial charge on any atom is -0.385 e. The molecular weight excluding hydrogens is 236 g/mol. The van der Waals surface area contributed by atoms with Crippen LogP contribution in [-0.4, -0.2) is 49.8 Å². The third-order valence-corrected chi connectivity index (χ3v) is 5.15. The van der Waals surface area contributed by atoms with Crippen molar-refractivity contribution in [3.05, 3.63) is 0 Å². The summed E-state index contributed by atoms with van der Waals surface area (Å²) in [5.74, 6) is 1.65. The van der Waals surface area contributed by atoms with Gasteiger partial charge in [0.05, 0.1) is 0 Å². The maximum Gasteiger partial charge on any atom is 0.0462 e. The highest BCUT2D eigenvalue weighted by Crippen LogP contribution is 2.44. The van der Waals surface area contributed by atoms with E-state index in [1.807, 2.05) is 0 Å². The van der Waals surface area contributed by atoms with E-state index in [1.54, 1.807) is 7.11 Å². The van der Waals surface area contributed by atoms with Crippen molar-refractivity contribution >= 4 is 0 Å². The van der Waals surface area contributed by atoms with Crippen LogP contribution in [0.2, 0.25) is 0 Å². The number of nitrogens with zero attached hydrogens (tertiary/aromatic N) is 1. The van der Waals surface area contributed by atoms with E-state index >= 15 is 0 Å². The molecule has 3 heteroatoms. The first-order chi connectivity index (χ1) is 9.08. The van der Waals surface area contributed by atoms with Crippen LogP contribution in [0.15, 0.2) is 0 Å². The third-order valence-electron chi connectivity index (χ3n) is 5.15. The number of hydrogen-bond donors (Lipinski definition) is 1. The lowest BCUT2D eigenvalue weighted by atomic mass is 9.87. The lowest BCUT2D eigenvalue weighted by Gasteiger charge is -2.50. The van der Waals surface area contributed by atoms with Gasteiger partial charge in [-0.2, -0.15) is 0 Å². The van der Waals surface area contributed by atoms with Crippen molar-refractivity contribution in [3.8, 4) is 0 Å². The van der Waals surface area contributed by atoms with Gasteiger partial charge in [-0.25, -0.2) is 0 Å². The Hall–Kier alpha value is -0.120. The molecule has 2 atom stereocenters. The minimum atomic E-state index is 0.401. The second kappa shape index (κ2) is 6.55. The number of ether oxygens (including phenoxy) is 1. The number of methoxy groups -OCH3 is 1. The maximum absolute atomic E-state index is 5.17. The summed E-state index contributed by atoms with van der Waals surface area (Å²) in [5.41, 5.74) is 0.401. The Balaban J connectivity index is 1.91. The average molecular weight is 268 g/mol. The molecule has 0 aromatic carbocycles. The summed E-state index contributed by atoms with van der Waals surface area (Å²) in [6.07, 6.45) is 5.31. The molecule has 1 aliphatic heterocycles. The fourth-order valence-corrected chi connectivity index (χ4v) is 3.41. The monoisotopic (exact) mass is 268 g/mol. The Labute approximate surface area is 119 Å². The smallest absolute Gasteiger partial charge is 0.0462 e. The zero-order valence-corrected chi connectivity index (χ0v) is 13.2. The van der Waals surface area contributed by atoms with Crippen molar-refractivity contribution in [2.24, 2.45) is 11.8 Å². The van der Waals surface area contributed by atoms with Crippen molar-refractivity contribution in [3.63, 3.8) is 0 Å². The van der Waals surface area contributed by atoms with Crippen molar-refractivity contribution in [2.75, 3.05) is 33.4 Å². The van der Waals surface area contributed by atoms with Crippen LogP contribution in [0.4, 0.5) is 0 Å². The number of piperazine rings is 1. The van der Waals surface area contributed by atoms with Crippen LogP contribution in [0.1, 0.15) is 46.5 Å². The first-order valence-electron chi connectivity index (χ1n) is 8.05. The van der Waals surface area contributed by atoms with Gasteiger partial charge in [0.2, 0.25) is 0 Å². The normalized spacial score (nSPS) is 33.0. The zero-order chi connectivity index (χ0) is 13.9. The third kappa shape index (κ3) is 3.71. The van der Waals surface area contributed by atoms with Gasteiger partial charge in [0.25, 0.3) is 0 Å². The Kier molecular flexibility index (Phi) is 5.27. The van der Waals surface area contributed by atoms with Crippen molar-refractivity contribution in [2.45, 2.75) is 58.0 Å². The largest absolute Gasteiger partial charge is 0.385 e. The summed E-state index contributed by atoms with van der Waals surface area (Å²) in [4.78, 5) is 2.78. The molecular formula is C16H32N2O. The quantitative estimate of drug-likeness (QED) is 0.718. The summed E-state index contributed by atoms with van der Waals surface area (Å²) >= 11 is 0. The van der Waals surface area contributed by atoms with Gasteiger partial charge in [0.15, 0.2) is 0 Å². The molecule has 0 bridgehead atoms. The lowest BCUT2D eigenvalue weighted by Crippen LogP contribution is -2.65. The maximum atomic E-state index is 5.17. The van der Waals surface area contributed by atoms with Crippen LogP contribution in [0.3, 0.4) is 0 Å². The fourth-order valence-electron chi connectivity index (χ4n) is 3.41. The molecule has 0 spiro atoms. The highest BCUT2D eigenvalue weighted by atomic mass is 16.5. The highest BCUT2D eigenvalue weighted by Gasteiger charge is 2.48. The van der Waals surface area contributed by atoms with Gasteiger partial charge in [0, 0.05) is 38.4 Å². The Morgan fingerprint density at radius 2 is 2.05 bits per heavy atom. The molecule has 0 aromatic rings. The van der Waals surface area contributed by atoms with E-state index in [0.717, 1.165) is 18.4 Å². The zero-order valence-electron chi connectivity index (χ0n) is 13.2. The van der Waals surface area contributed by atoms with E-state index in [4.69, 9.17) is 4.74 Å². The summed E-state index contributed by atoms with van der Waals surface area (Å²) in [6, 6.07) is 0.661. The predicted molar refractivity (Wildman–Crippen MR) is 80.4 cm³/mol. The molecule has 1 heterocycles. The molecule has 2 rings (SSSR count). The molecule has 0 amide bonds. The van der Waals surface area contributed by atoms with E-state index < -0.39 is 0 Å². The van der Waals surface area contributed by atoms with Crippen LogP contribution in [0, 0.1) is 11.8 Å². The van der Waals surface area contributed by atoms with Gasteiger partial charge >= 0.3 is 0 Å². The summed E-state index contributed by atoms with van der Waals surface area (Å²) in [7, 11) is 1.80. The Morgan fingerprint density at radius 1 is 1.32 bits per heavy atom. The SMILES string of the molecule is COCCCCN1CC(C(C)C)NCC1(C)C1CC1. The van der Waals surface area contributed by atoms with E-state index in [9.17, 15) is 0 Å². The summed E-state index contributed by atoms with van der Waals surface area (Å²) in [5, 5.41) is 3.80. The Morgan fingerprint density at radius 3 is 2.63 bits per heavy atom. The second-order valence-electron chi connectivity index (χ2n) is 7.01. The van der Waals surface area contributed by atoms with Crippen LogP contribution in [0.5, 0.6) is 0 Å². The molecule has 2 fully saturated rings. The molecule has 1 N–H and O–H groups in total. The number of unbranched alkanes of at least 4 members (excludes halogenated alkanes) is 1. The minimum absolute atomic E-state index is 0.401. The molecule has 2 aliphatic rings. The highest BCUT2D eigenvalue weighted by molar-refractivity contribution is 5.05. The van der Waals surface area contributed by atoms with Crippen molar-refractivity contribution in [1.29, 1.82) is 0 Å². The molecule has 19 heavy (non-hydrogen) atoms. The molecule has 112 valence electrons. The molecule has 1 saturated carbocycles. The van der Waals surface area contributed by atoms with Gasteiger partial charge in [-0.1, -0.05) is 13.8 Å². The fraction of sp³-hybridized carbons (Fsp3) is 1.00. The standard InChI is InChI=1S/C16H32N2O/c1-13(2)15-11-18(9-5-6-10-19-4)16(3,12-17-15)14-7-8-14/h13-15,17H,5-12H2,1-4H3. The van der Waals surface area contributed by atoms with Crippen LogP contribution in [-0.2, 0) is 4.74 Å². The molecule has 3 nitrogen and oxygen atoms in total. The van der Waals surface area contributed by atoms with Gasteiger partial charge < -0.3 is 10.1 Å². The first kappa shape index (κ1) is 15.3. The lowest BCUT2D eigenvalue weighted by molar-refractivity contribution is 0.0229. The molecule has 0 aromatic heterocycles. The van der Waals surface area contributed by atoms with Gasteiger partial charge in [0.1, 0.15) is 0 Å². The molecule has 2 unspecified atom stereocenters. The molecule has 1 saturated heterocycles. The van der Waals surface area contributed by atoms with E-state index in [1.165, 1.54) is 45.3 Å². The number of rotatable bonds is 7. The van der Waals surface area contributed by atoms with E-state index in [-0.39, 0.29) is 0 Å². The van der Waals surface area contributed by atoms with E-state index in [2.05, 4.69) is 31.0 Å².